The molecule has 56 heavy (non-hydrogen) atoms. The van der Waals surface area contributed by atoms with Crippen molar-refractivity contribution in [3.8, 4) is 40.2 Å². The third kappa shape index (κ3) is 5.10. The van der Waals surface area contributed by atoms with E-state index in [2.05, 4.69) is 16.8 Å². The number of esters is 2. The number of aryl methyl sites for hydroxylation is 1. The van der Waals surface area contributed by atoms with Crippen LogP contribution < -0.4 is 29.0 Å². The Bertz CT molecular complexity index is 2200. The van der Waals surface area contributed by atoms with E-state index in [1.54, 1.807) is 18.2 Å². The summed E-state index contributed by atoms with van der Waals surface area (Å²) in [4.78, 5) is 31.9. The van der Waals surface area contributed by atoms with Gasteiger partial charge in [0.2, 0.25) is 6.79 Å². The van der Waals surface area contributed by atoms with Crippen molar-refractivity contribution in [3.63, 3.8) is 0 Å². The average molecular weight is 788 g/mol. The van der Waals surface area contributed by atoms with Gasteiger partial charge in [-0.05, 0) is 61.1 Å². The number of nitrogens with zero attached hydrogens (tertiary/aromatic N) is 2. The number of aliphatic hydroxyl groups excluding tert-OH is 1. The normalized spacial score (nSPS) is 28.7. The number of aromatic hydroxyl groups is 2. The van der Waals surface area contributed by atoms with Crippen LogP contribution in [0.3, 0.4) is 0 Å². The highest BCUT2D eigenvalue weighted by molar-refractivity contribution is 7.99. The lowest BCUT2D eigenvalue weighted by atomic mass is 9.72. The largest absolute Gasteiger partial charge is 0.504 e. The fourth-order valence-corrected chi connectivity index (χ4v) is 11.9. The summed E-state index contributed by atoms with van der Waals surface area (Å²) in [6.45, 7) is 9.69. The molecular weight excluding hydrogens is 743 g/mol. The maximum atomic E-state index is 14.8. The molecule has 3 aromatic rings. The number of nitrogens with one attached hydrogen (secondary N) is 1. The monoisotopic (exact) mass is 787 g/mol. The van der Waals surface area contributed by atoms with Gasteiger partial charge in [-0.25, -0.2) is 4.79 Å². The molecule has 0 aromatic heterocycles. The Morgan fingerprint density at radius 2 is 1.86 bits per heavy atom. The van der Waals surface area contributed by atoms with Gasteiger partial charge in [-0.15, -0.1) is 18.3 Å². The van der Waals surface area contributed by atoms with Gasteiger partial charge in [0.15, 0.2) is 40.0 Å². The second-order valence-corrected chi connectivity index (χ2v) is 16.4. The fraction of sp³-hybridized carbons (Fsp3) is 0.463. The van der Waals surface area contributed by atoms with Gasteiger partial charge in [0.05, 0.1) is 37.6 Å². The third-order valence-corrected chi connectivity index (χ3v) is 13.9. The zero-order valence-electron chi connectivity index (χ0n) is 31.8. The van der Waals surface area contributed by atoms with Gasteiger partial charge in [-0.2, -0.15) is 0 Å². The molecule has 4 N–H and O–H groups in total. The molecule has 2 saturated heterocycles. The van der Waals surface area contributed by atoms with E-state index < -0.39 is 53.1 Å². The number of carbonyl (C=O) groups excluding carboxylic acids is 2. The molecule has 15 heteroatoms. The van der Waals surface area contributed by atoms with E-state index in [9.17, 15) is 24.9 Å². The molecule has 14 nitrogen and oxygen atoms in total. The maximum Gasteiger partial charge on any atom is 0.331 e. The summed E-state index contributed by atoms with van der Waals surface area (Å²) in [5, 5.41) is 38.5. The minimum absolute atomic E-state index is 0.0225. The van der Waals surface area contributed by atoms with Crippen LogP contribution in [0.1, 0.15) is 68.8 Å². The molecule has 2 fully saturated rings. The van der Waals surface area contributed by atoms with Crippen molar-refractivity contribution in [2.45, 2.75) is 74.8 Å². The highest BCUT2D eigenvalue weighted by Crippen LogP contribution is 2.64. The molecular formula is C41H45N3O11S. The van der Waals surface area contributed by atoms with Gasteiger partial charge in [0.1, 0.15) is 18.6 Å². The van der Waals surface area contributed by atoms with Crippen LogP contribution in [0.5, 0.6) is 40.2 Å². The molecule has 10 rings (SSSR count). The number of fused-ring (bicyclic) bond motifs is 9. The zero-order chi connectivity index (χ0) is 39.4. The van der Waals surface area contributed by atoms with Gasteiger partial charge in [-0.3, -0.25) is 19.9 Å². The van der Waals surface area contributed by atoms with Gasteiger partial charge < -0.3 is 43.7 Å². The van der Waals surface area contributed by atoms with Crippen molar-refractivity contribution >= 4 is 23.7 Å². The first-order valence-electron chi connectivity index (χ1n) is 18.8. The lowest BCUT2D eigenvalue weighted by Gasteiger charge is -2.62. The Balaban J connectivity index is 1.33. The molecule has 0 aliphatic carbocycles. The number of carbonyl (C=O) groups is 2. The topological polar surface area (TPSA) is 169 Å². The van der Waals surface area contributed by atoms with Crippen molar-refractivity contribution in [1.29, 1.82) is 0 Å². The van der Waals surface area contributed by atoms with E-state index >= 15 is 0 Å². The minimum Gasteiger partial charge on any atom is -0.504 e. The summed E-state index contributed by atoms with van der Waals surface area (Å²) in [5.74, 6) is 0.846. The Morgan fingerprint density at radius 3 is 2.59 bits per heavy atom. The molecule has 2 unspecified atom stereocenters. The van der Waals surface area contributed by atoms with Crippen molar-refractivity contribution in [3.05, 3.63) is 75.4 Å². The average Bonchev–Trinajstić information content (AvgIpc) is 3.66. The zero-order valence-corrected chi connectivity index (χ0v) is 32.7. The summed E-state index contributed by atoms with van der Waals surface area (Å²) in [7, 11) is 2.99. The van der Waals surface area contributed by atoms with Gasteiger partial charge in [0, 0.05) is 54.1 Å². The van der Waals surface area contributed by atoms with Crippen molar-refractivity contribution in [2.75, 3.05) is 46.5 Å². The minimum atomic E-state index is -1.38. The Morgan fingerprint density at radius 1 is 1.07 bits per heavy atom. The third-order valence-electron chi connectivity index (χ3n) is 12.4. The van der Waals surface area contributed by atoms with Crippen LogP contribution in [0.15, 0.2) is 30.9 Å². The van der Waals surface area contributed by atoms with Gasteiger partial charge >= 0.3 is 11.9 Å². The number of aliphatic hydroxyl groups is 1. The highest BCUT2D eigenvalue weighted by Gasteiger charge is 2.62. The number of phenolic OH excluding ortho intramolecular Hbond substituents is 2. The number of ether oxygens (including phenoxy) is 6. The van der Waals surface area contributed by atoms with Crippen molar-refractivity contribution in [1.82, 2.24) is 15.1 Å². The van der Waals surface area contributed by atoms with E-state index in [0.29, 0.717) is 76.7 Å². The van der Waals surface area contributed by atoms with Crippen LogP contribution >= 0.6 is 11.8 Å². The van der Waals surface area contributed by atoms with Crippen LogP contribution in [0.25, 0.3) is 0 Å². The number of rotatable bonds is 5. The second kappa shape index (κ2) is 13.5. The summed E-state index contributed by atoms with van der Waals surface area (Å²) in [6, 6.07) is 2.96. The highest BCUT2D eigenvalue weighted by atomic mass is 32.2. The Hall–Kier alpha value is -4.67. The maximum absolute atomic E-state index is 14.8. The van der Waals surface area contributed by atoms with Crippen LogP contribution in [0.2, 0.25) is 0 Å². The molecule has 0 amide bonds. The summed E-state index contributed by atoms with van der Waals surface area (Å²) < 4.78 is 36.1. The van der Waals surface area contributed by atoms with E-state index in [1.165, 1.54) is 32.9 Å². The van der Waals surface area contributed by atoms with Crippen molar-refractivity contribution in [2.24, 2.45) is 0 Å². The number of hydrogen-bond acceptors (Lipinski definition) is 15. The quantitative estimate of drug-likeness (QED) is 0.167. The van der Waals surface area contributed by atoms with E-state index in [-0.39, 0.29) is 36.4 Å². The molecule has 7 heterocycles. The number of benzene rings is 3. The fourth-order valence-electron chi connectivity index (χ4n) is 10.2. The number of methoxy groups -OCH3 is 2. The molecule has 4 bridgehead atoms. The molecule has 7 aliphatic heterocycles. The molecule has 0 radical (unpaired) electrons. The van der Waals surface area contributed by atoms with E-state index in [0.717, 1.165) is 16.7 Å². The lowest BCUT2D eigenvalue weighted by Crippen LogP contribution is -2.70. The van der Waals surface area contributed by atoms with Crippen LogP contribution in [-0.4, -0.2) is 102 Å². The van der Waals surface area contributed by atoms with Crippen LogP contribution in [0.4, 0.5) is 0 Å². The predicted molar refractivity (Wildman–Crippen MR) is 204 cm³/mol. The first kappa shape index (κ1) is 36.9. The van der Waals surface area contributed by atoms with Gasteiger partial charge in [-0.1, -0.05) is 12.1 Å². The van der Waals surface area contributed by atoms with Crippen LogP contribution in [-0.2, 0) is 32.7 Å². The predicted octanol–water partition coefficient (Wildman–Crippen LogP) is 3.97. The first-order valence-corrected chi connectivity index (χ1v) is 19.8. The molecule has 0 saturated carbocycles. The molecule has 7 atom stereocenters. The van der Waals surface area contributed by atoms with Crippen LogP contribution in [0, 0.1) is 13.8 Å². The molecule has 296 valence electrons. The van der Waals surface area contributed by atoms with Crippen molar-refractivity contribution < 1.29 is 53.3 Å². The second-order valence-electron chi connectivity index (χ2n) is 15.3. The number of hydrogen-bond donors (Lipinski definition) is 4. The first-order chi connectivity index (χ1) is 26.9. The van der Waals surface area contributed by atoms with E-state index in [1.807, 2.05) is 24.8 Å². The lowest BCUT2D eigenvalue weighted by molar-refractivity contribution is -0.189. The number of phenols is 2. The molecule has 1 spiro atoms. The van der Waals surface area contributed by atoms with E-state index in [4.69, 9.17) is 28.4 Å². The molecule has 7 aliphatic rings. The van der Waals surface area contributed by atoms with Gasteiger partial charge in [0.25, 0.3) is 0 Å². The Labute approximate surface area is 328 Å². The summed E-state index contributed by atoms with van der Waals surface area (Å²) in [6.07, 6.45) is 1.69. The number of piperazine rings is 1. The summed E-state index contributed by atoms with van der Waals surface area (Å²) in [5.41, 5.74) is 4.24. The standard InChI is InChI=1S/C41H45N3O11S/c1-7-10-43-24-12-22-11-18(2)34(51-6)33(47)28(22)31(43)32-38-30-29(37-36(53-17-54-37)19(3)35(30)55-20(4)45)25(44(32)39(24)48)15-52-40(49)41(16-56-38)23-14-27(50-5)26(46)13-21(23)8-9-42-41/h7,11,13-14,24-25,31-32,38-39,42,46-48H,1,8-10,12,15-17H2,2-6H3/t24?,25-,31?,32+,38+,39-,41+/m0/s1. The molecule has 3 aromatic carbocycles. The Kier molecular flexibility index (Phi) is 8.89. The smallest absolute Gasteiger partial charge is 0.331 e. The number of thioether (sulfide) groups is 1. The summed E-state index contributed by atoms with van der Waals surface area (Å²) >= 11 is 1.46. The SMILES string of the molecule is C=CCN1C2c3c(cc(C)c(OC)c3O)CC1[C@H](O)N1[C@H]2[C@@H]2SC[C@]3(NCCc4cc(O)c(OC)cc43)C(=O)OC[C@H]1c1c3c(c(C)c(OC(C)=O)c12)OCO3.